The summed E-state index contributed by atoms with van der Waals surface area (Å²) in [6, 6.07) is 0. The van der Waals surface area contributed by atoms with Gasteiger partial charge in [0.15, 0.2) is 0 Å². The van der Waals surface area contributed by atoms with Gasteiger partial charge < -0.3 is 10.1 Å². The van der Waals surface area contributed by atoms with Gasteiger partial charge in [-0.2, -0.15) is 0 Å². The first kappa shape index (κ1) is 10.8. The lowest BCUT2D eigenvalue weighted by Gasteiger charge is -2.14. The first-order valence-corrected chi connectivity index (χ1v) is 5.08. The van der Waals surface area contributed by atoms with Gasteiger partial charge in [0.25, 0.3) is 0 Å². The Hall–Kier alpha value is -0.280. The molecule has 1 heterocycles. The molecule has 1 rings (SSSR count). The number of hydrogen-bond acceptors (Lipinski definition) is 2. The predicted molar refractivity (Wildman–Crippen MR) is 51.8 cm³/mol. The summed E-state index contributed by atoms with van der Waals surface area (Å²) in [5, 5.41) is 2.79. The van der Waals surface area contributed by atoms with Gasteiger partial charge in [0.2, 0.25) is 5.91 Å². The van der Waals surface area contributed by atoms with Crippen molar-refractivity contribution >= 4 is 17.5 Å². The summed E-state index contributed by atoms with van der Waals surface area (Å²) in [5.74, 6) is 0.0768. The molecule has 3 nitrogen and oxygen atoms in total. The lowest BCUT2D eigenvalue weighted by molar-refractivity contribution is -0.126. The molecule has 0 aromatic heterocycles. The molecule has 3 atom stereocenters. The molecular formula is C9H16ClNO2. The highest BCUT2D eigenvalue weighted by molar-refractivity contribution is 6.20. The number of alkyl halides is 1. The van der Waals surface area contributed by atoms with E-state index in [4.69, 9.17) is 16.3 Å². The van der Waals surface area contributed by atoms with Crippen LogP contribution in [0.1, 0.15) is 20.3 Å². The quantitative estimate of drug-likeness (QED) is 0.703. The summed E-state index contributed by atoms with van der Waals surface area (Å²) in [6.45, 7) is 5.01. The van der Waals surface area contributed by atoms with Crippen LogP contribution in [0.2, 0.25) is 0 Å². The maximum Gasteiger partial charge on any atom is 0.225 e. The molecule has 0 aromatic carbocycles. The van der Waals surface area contributed by atoms with Crippen LogP contribution in [0.5, 0.6) is 0 Å². The highest BCUT2D eigenvalue weighted by Crippen LogP contribution is 2.20. The largest absolute Gasteiger partial charge is 0.378 e. The maximum absolute atomic E-state index is 11.5. The number of nitrogens with one attached hydrogen (secondary N) is 1. The van der Waals surface area contributed by atoms with E-state index in [0.717, 1.165) is 6.42 Å². The van der Waals surface area contributed by atoms with Crippen LogP contribution in [0.4, 0.5) is 0 Å². The van der Waals surface area contributed by atoms with E-state index in [1.165, 1.54) is 0 Å². The first-order valence-electron chi connectivity index (χ1n) is 4.64. The van der Waals surface area contributed by atoms with Crippen LogP contribution in [-0.2, 0) is 9.53 Å². The molecule has 0 saturated carbocycles. The van der Waals surface area contributed by atoms with Crippen molar-refractivity contribution in [3.8, 4) is 0 Å². The molecule has 1 aliphatic heterocycles. The average molecular weight is 206 g/mol. The summed E-state index contributed by atoms with van der Waals surface area (Å²) in [7, 11) is 0. The van der Waals surface area contributed by atoms with Crippen LogP contribution in [0, 0.1) is 5.92 Å². The molecule has 76 valence electrons. The Balaban J connectivity index is 2.30. The standard InChI is InChI=1S/C9H16ClNO2/c1-6(10)5-11-9(12)8-3-4-13-7(8)2/h6-8H,3-5H2,1-2H3,(H,11,12). The van der Waals surface area contributed by atoms with Gasteiger partial charge in [-0.1, -0.05) is 0 Å². The molecule has 4 heteroatoms. The van der Waals surface area contributed by atoms with Crippen molar-refractivity contribution in [1.82, 2.24) is 5.32 Å². The van der Waals surface area contributed by atoms with Gasteiger partial charge in [-0.15, -0.1) is 11.6 Å². The van der Waals surface area contributed by atoms with Gasteiger partial charge in [0.05, 0.1) is 12.0 Å². The van der Waals surface area contributed by atoms with Crippen LogP contribution in [0.15, 0.2) is 0 Å². The van der Waals surface area contributed by atoms with Gasteiger partial charge in [-0.25, -0.2) is 0 Å². The highest BCUT2D eigenvalue weighted by atomic mass is 35.5. The SMILES string of the molecule is CC(Cl)CNC(=O)C1CCOC1C. The van der Waals surface area contributed by atoms with Crippen molar-refractivity contribution in [1.29, 1.82) is 0 Å². The fourth-order valence-corrected chi connectivity index (χ4v) is 1.53. The third kappa shape index (κ3) is 3.16. The average Bonchev–Trinajstić information content (AvgIpc) is 2.47. The van der Waals surface area contributed by atoms with Crippen LogP contribution < -0.4 is 5.32 Å². The Labute approximate surface area is 83.8 Å². The number of carbonyl (C=O) groups is 1. The molecule has 0 radical (unpaired) electrons. The van der Waals surface area contributed by atoms with E-state index >= 15 is 0 Å². The summed E-state index contributed by atoms with van der Waals surface area (Å²) < 4.78 is 5.30. The zero-order valence-electron chi connectivity index (χ0n) is 8.05. The predicted octanol–water partition coefficient (Wildman–Crippen LogP) is 1.15. The zero-order chi connectivity index (χ0) is 9.84. The summed E-state index contributed by atoms with van der Waals surface area (Å²) in [5.41, 5.74) is 0. The second-order valence-electron chi connectivity index (χ2n) is 3.50. The highest BCUT2D eigenvalue weighted by Gasteiger charge is 2.30. The van der Waals surface area contributed by atoms with Crippen LogP contribution >= 0.6 is 11.6 Å². The second kappa shape index (κ2) is 4.82. The van der Waals surface area contributed by atoms with E-state index in [1.54, 1.807) is 0 Å². The van der Waals surface area contributed by atoms with E-state index in [0.29, 0.717) is 13.2 Å². The van der Waals surface area contributed by atoms with Crippen molar-refractivity contribution in [2.45, 2.75) is 31.7 Å². The number of rotatable bonds is 3. The number of halogens is 1. The van der Waals surface area contributed by atoms with E-state index in [2.05, 4.69) is 5.32 Å². The molecule has 0 aromatic rings. The van der Waals surface area contributed by atoms with Gasteiger partial charge in [0, 0.05) is 18.5 Å². The van der Waals surface area contributed by atoms with Crippen molar-refractivity contribution in [2.75, 3.05) is 13.2 Å². The second-order valence-corrected chi connectivity index (χ2v) is 4.24. The minimum absolute atomic E-state index is 0.00965. The van der Waals surface area contributed by atoms with Crippen LogP contribution in [0.3, 0.4) is 0 Å². The zero-order valence-corrected chi connectivity index (χ0v) is 8.80. The smallest absolute Gasteiger partial charge is 0.225 e. The maximum atomic E-state index is 11.5. The molecule has 0 bridgehead atoms. The minimum Gasteiger partial charge on any atom is -0.378 e. The Morgan fingerprint density at radius 2 is 2.46 bits per heavy atom. The number of carbonyl (C=O) groups excluding carboxylic acids is 1. The normalized spacial score (nSPS) is 30.1. The fraction of sp³-hybridized carbons (Fsp3) is 0.889. The first-order chi connectivity index (χ1) is 6.11. The summed E-state index contributed by atoms with van der Waals surface area (Å²) >= 11 is 5.72. The van der Waals surface area contributed by atoms with Crippen molar-refractivity contribution in [2.24, 2.45) is 5.92 Å². The van der Waals surface area contributed by atoms with Gasteiger partial charge in [-0.3, -0.25) is 4.79 Å². The summed E-state index contributed by atoms with van der Waals surface area (Å²) in [6.07, 6.45) is 0.870. The molecule has 1 aliphatic rings. The van der Waals surface area contributed by atoms with Gasteiger partial charge in [-0.05, 0) is 20.3 Å². The molecule has 3 unspecified atom stereocenters. The Kier molecular flexibility index (Phi) is 4.00. The van der Waals surface area contributed by atoms with Gasteiger partial charge >= 0.3 is 0 Å². The lowest BCUT2D eigenvalue weighted by Crippen LogP contribution is -2.36. The lowest BCUT2D eigenvalue weighted by atomic mass is 10.0. The molecule has 0 spiro atoms. The number of ether oxygens (including phenoxy) is 1. The molecular weight excluding hydrogens is 190 g/mol. The van der Waals surface area contributed by atoms with E-state index in [-0.39, 0.29) is 23.3 Å². The monoisotopic (exact) mass is 205 g/mol. The summed E-state index contributed by atoms with van der Waals surface area (Å²) in [4.78, 5) is 11.5. The van der Waals surface area contributed by atoms with Crippen LogP contribution in [-0.4, -0.2) is 30.5 Å². The van der Waals surface area contributed by atoms with Crippen molar-refractivity contribution in [3.63, 3.8) is 0 Å². The third-order valence-electron chi connectivity index (χ3n) is 2.27. The topological polar surface area (TPSA) is 38.3 Å². The van der Waals surface area contributed by atoms with Crippen molar-refractivity contribution < 1.29 is 9.53 Å². The molecule has 1 amide bonds. The number of hydrogen-bond donors (Lipinski definition) is 1. The minimum atomic E-state index is -0.0124. The molecule has 1 N–H and O–H groups in total. The molecule has 1 saturated heterocycles. The van der Waals surface area contributed by atoms with Gasteiger partial charge in [0.1, 0.15) is 0 Å². The van der Waals surface area contributed by atoms with E-state index in [1.807, 2.05) is 13.8 Å². The Morgan fingerprint density at radius 3 is 2.92 bits per heavy atom. The van der Waals surface area contributed by atoms with E-state index < -0.39 is 0 Å². The fourth-order valence-electron chi connectivity index (χ4n) is 1.45. The van der Waals surface area contributed by atoms with Crippen LogP contribution in [0.25, 0.3) is 0 Å². The van der Waals surface area contributed by atoms with E-state index in [9.17, 15) is 4.79 Å². The Bertz CT molecular complexity index is 184. The molecule has 13 heavy (non-hydrogen) atoms. The Morgan fingerprint density at radius 1 is 1.77 bits per heavy atom. The third-order valence-corrected chi connectivity index (χ3v) is 2.42. The molecule has 1 fully saturated rings. The number of amides is 1. The van der Waals surface area contributed by atoms with Crippen molar-refractivity contribution in [3.05, 3.63) is 0 Å². The molecule has 0 aliphatic carbocycles.